The van der Waals surface area contributed by atoms with Gasteiger partial charge in [0.15, 0.2) is 0 Å². The molecule has 0 aromatic heterocycles. The van der Waals surface area contributed by atoms with Crippen molar-refractivity contribution in [1.82, 2.24) is 5.32 Å². The van der Waals surface area contributed by atoms with Crippen LogP contribution < -0.4 is 5.32 Å². The van der Waals surface area contributed by atoms with Crippen LogP contribution in [-0.2, 0) is 16.1 Å². The standard InChI is InChI=1S/C21H31NO4/c23-20(24)18-14-10-5-3-1-2-4-6-11-15-19(18)22-21(25)26-16-17-12-8-7-9-13-17/h7-9,12-13,18-19H,1-6,10-11,14-16H2,(H,22,25)(H,23,24)/t18?,19-/m0/s1. The summed E-state index contributed by atoms with van der Waals surface area (Å²) >= 11 is 0. The van der Waals surface area contributed by atoms with Crippen LogP contribution >= 0.6 is 0 Å². The van der Waals surface area contributed by atoms with E-state index in [0.29, 0.717) is 12.8 Å². The van der Waals surface area contributed by atoms with Crippen molar-refractivity contribution < 1.29 is 19.4 Å². The van der Waals surface area contributed by atoms with Gasteiger partial charge in [0.1, 0.15) is 6.61 Å². The Morgan fingerprint density at radius 3 is 2.12 bits per heavy atom. The van der Waals surface area contributed by atoms with Crippen LogP contribution in [0.25, 0.3) is 0 Å². The lowest BCUT2D eigenvalue weighted by molar-refractivity contribution is -0.143. The molecule has 1 aromatic carbocycles. The molecule has 2 rings (SSSR count). The molecule has 1 aliphatic carbocycles. The average molecular weight is 361 g/mol. The van der Waals surface area contributed by atoms with Crippen LogP contribution in [0.4, 0.5) is 4.79 Å². The Bertz CT molecular complexity index is 546. The number of carbonyl (C=O) groups is 2. The molecular formula is C21H31NO4. The highest BCUT2D eigenvalue weighted by molar-refractivity contribution is 5.73. The Balaban J connectivity index is 1.92. The molecule has 2 atom stereocenters. The quantitative estimate of drug-likeness (QED) is 0.800. The van der Waals surface area contributed by atoms with E-state index in [4.69, 9.17) is 4.74 Å². The predicted molar refractivity (Wildman–Crippen MR) is 101 cm³/mol. The number of rotatable bonds is 4. The van der Waals surface area contributed by atoms with Gasteiger partial charge in [-0.05, 0) is 18.4 Å². The van der Waals surface area contributed by atoms with E-state index in [1.807, 2.05) is 30.3 Å². The highest BCUT2D eigenvalue weighted by Gasteiger charge is 2.29. The van der Waals surface area contributed by atoms with E-state index in [2.05, 4.69) is 5.32 Å². The monoisotopic (exact) mass is 361 g/mol. The fourth-order valence-corrected chi connectivity index (χ4v) is 3.58. The minimum Gasteiger partial charge on any atom is -0.481 e. The largest absolute Gasteiger partial charge is 0.481 e. The molecule has 1 aliphatic rings. The fraction of sp³-hybridized carbons (Fsp3) is 0.619. The Labute approximate surface area is 156 Å². The summed E-state index contributed by atoms with van der Waals surface area (Å²) in [5, 5.41) is 12.5. The lowest BCUT2D eigenvalue weighted by Gasteiger charge is -2.25. The second-order valence-electron chi connectivity index (χ2n) is 7.16. The number of aliphatic carboxylic acids is 1. The van der Waals surface area contributed by atoms with Gasteiger partial charge in [0.25, 0.3) is 0 Å². The van der Waals surface area contributed by atoms with Gasteiger partial charge in [-0.1, -0.05) is 81.7 Å². The molecule has 1 amide bonds. The lowest BCUT2D eigenvalue weighted by Crippen LogP contribution is -2.43. The van der Waals surface area contributed by atoms with Crippen LogP contribution in [0.2, 0.25) is 0 Å². The number of nitrogens with one attached hydrogen (secondary N) is 1. The average Bonchev–Trinajstić information content (AvgIpc) is 2.63. The van der Waals surface area contributed by atoms with Gasteiger partial charge in [0.05, 0.1) is 5.92 Å². The van der Waals surface area contributed by atoms with Gasteiger partial charge >= 0.3 is 12.1 Å². The summed E-state index contributed by atoms with van der Waals surface area (Å²) in [5.74, 6) is -1.37. The fourth-order valence-electron chi connectivity index (χ4n) is 3.58. The van der Waals surface area contributed by atoms with E-state index in [1.54, 1.807) is 0 Å². The van der Waals surface area contributed by atoms with Crippen LogP contribution in [-0.4, -0.2) is 23.2 Å². The summed E-state index contributed by atoms with van der Waals surface area (Å²) in [6, 6.07) is 9.11. The highest BCUT2D eigenvalue weighted by Crippen LogP contribution is 2.22. The maximum absolute atomic E-state index is 12.2. The molecule has 1 saturated carbocycles. The lowest BCUT2D eigenvalue weighted by atomic mass is 9.88. The van der Waals surface area contributed by atoms with Gasteiger partial charge in [0.2, 0.25) is 0 Å². The normalized spacial score (nSPS) is 22.5. The van der Waals surface area contributed by atoms with E-state index in [9.17, 15) is 14.7 Å². The van der Waals surface area contributed by atoms with Crippen molar-refractivity contribution in [3.05, 3.63) is 35.9 Å². The Morgan fingerprint density at radius 1 is 0.923 bits per heavy atom. The van der Waals surface area contributed by atoms with E-state index in [-0.39, 0.29) is 12.6 Å². The number of ether oxygens (including phenoxy) is 1. The van der Waals surface area contributed by atoms with Gasteiger partial charge in [-0.15, -0.1) is 0 Å². The third kappa shape index (κ3) is 7.46. The Kier molecular flexibility index (Phi) is 9.01. The first kappa shape index (κ1) is 20.3. The zero-order valence-corrected chi connectivity index (χ0v) is 15.5. The number of hydrogen-bond acceptors (Lipinski definition) is 3. The number of carboxylic acids is 1. The number of carbonyl (C=O) groups excluding carboxylic acids is 1. The number of alkyl carbamates (subject to hydrolysis) is 1. The van der Waals surface area contributed by atoms with Gasteiger partial charge in [-0.25, -0.2) is 4.79 Å². The first-order valence-corrected chi connectivity index (χ1v) is 9.87. The maximum Gasteiger partial charge on any atom is 0.407 e. The Hall–Kier alpha value is -2.04. The molecule has 26 heavy (non-hydrogen) atoms. The molecule has 1 fully saturated rings. The predicted octanol–water partition coefficient (Wildman–Crippen LogP) is 4.90. The second kappa shape index (κ2) is 11.6. The van der Waals surface area contributed by atoms with Crippen LogP contribution in [0.15, 0.2) is 30.3 Å². The molecule has 0 saturated heterocycles. The summed E-state index contributed by atoms with van der Waals surface area (Å²) in [6.07, 6.45) is 9.60. The summed E-state index contributed by atoms with van der Waals surface area (Å²) < 4.78 is 5.29. The van der Waals surface area contributed by atoms with Crippen molar-refractivity contribution in [2.24, 2.45) is 5.92 Å². The number of hydrogen-bond donors (Lipinski definition) is 2. The van der Waals surface area contributed by atoms with E-state index in [1.165, 1.54) is 25.7 Å². The summed E-state index contributed by atoms with van der Waals surface area (Å²) in [7, 11) is 0. The molecule has 1 aromatic rings. The minimum atomic E-state index is -0.824. The molecule has 2 N–H and O–H groups in total. The maximum atomic E-state index is 12.2. The smallest absolute Gasteiger partial charge is 0.407 e. The SMILES string of the molecule is O=C(N[C@H]1CCCCCCCCCCC1C(=O)O)OCc1ccccc1. The van der Waals surface area contributed by atoms with Crippen molar-refractivity contribution in [2.45, 2.75) is 76.9 Å². The van der Waals surface area contributed by atoms with Gasteiger partial charge < -0.3 is 15.2 Å². The van der Waals surface area contributed by atoms with Crippen molar-refractivity contribution in [2.75, 3.05) is 0 Å². The number of benzene rings is 1. The first-order chi connectivity index (χ1) is 12.7. The van der Waals surface area contributed by atoms with E-state index < -0.39 is 18.0 Å². The number of amides is 1. The van der Waals surface area contributed by atoms with E-state index >= 15 is 0 Å². The topological polar surface area (TPSA) is 75.6 Å². The third-order valence-corrected chi connectivity index (χ3v) is 5.10. The first-order valence-electron chi connectivity index (χ1n) is 9.87. The van der Waals surface area contributed by atoms with E-state index in [0.717, 1.165) is 31.2 Å². The van der Waals surface area contributed by atoms with Gasteiger partial charge in [-0.3, -0.25) is 4.79 Å². The molecule has 0 bridgehead atoms. The molecule has 5 nitrogen and oxygen atoms in total. The van der Waals surface area contributed by atoms with Crippen molar-refractivity contribution in [3.8, 4) is 0 Å². The zero-order valence-electron chi connectivity index (χ0n) is 15.5. The molecule has 0 aliphatic heterocycles. The van der Waals surface area contributed by atoms with Crippen LogP contribution in [0.1, 0.15) is 69.8 Å². The van der Waals surface area contributed by atoms with Crippen LogP contribution in [0, 0.1) is 5.92 Å². The van der Waals surface area contributed by atoms with Crippen molar-refractivity contribution in [1.29, 1.82) is 0 Å². The van der Waals surface area contributed by atoms with Gasteiger partial charge in [-0.2, -0.15) is 0 Å². The Morgan fingerprint density at radius 2 is 1.50 bits per heavy atom. The zero-order chi connectivity index (χ0) is 18.6. The summed E-state index contributed by atoms with van der Waals surface area (Å²) in [5.41, 5.74) is 0.913. The molecule has 144 valence electrons. The number of carboxylic acid groups (broad SMARTS) is 1. The van der Waals surface area contributed by atoms with Crippen molar-refractivity contribution in [3.63, 3.8) is 0 Å². The molecule has 1 unspecified atom stereocenters. The molecule has 0 heterocycles. The summed E-state index contributed by atoms with van der Waals surface area (Å²) in [4.78, 5) is 24.0. The molecule has 0 spiro atoms. The third-order valence-electron chi connectivity index (χ3n) is 5.10. The molecular weight excluding hydrogens is 330 g/mol. The second-order valence-corrected chi connectivity index (χ2v) is 7.16. The minimum absolute atomic E-state index is 0.192. The van der Waals surface area contributed by atoms with Gasteiger partial charge in [0, 0.05) is 6.04 Å². The van der Waals surface area contributed by atoms with Crippen LogP contribution in [0.5, 0.6) is 0 Å². The highest BCUT2D eigenvalue weighted by atomic mass is 16.5. The van der Waals surface area contributed by atoms with Crippen molar-refractivity contribution >= 4 is 12.1 Å². The van der Waals surface area contributed by atoms with Crippen LogP contribution in [0.3, 0.4) is 0 Å². The molecule has 0 radical (unpaired) electrons. The molecule has 5 heteroatoms. The summed E-state index contributed by atoms with van der Waals surface area (Å²) in [6.45, 7) is 0.192.